The van der Waals surface area contributed by atoms with Gasteiger partial charge in [-0.05, 0) is 68.3 Å². The molecular formula is C50H74N6O11. The summed E-state index contributed by atoms with van der Waals surface area (Å²) < 4.78 is 12.0. The van der Waals surface area contributed by atoms with Gasteiger partial charge in [0.2, 0.25) is 29.5 Å². The van der Waals surface area contributed by atoms with Crippen LogP contribution in [0.5, 0.6) is 0 Å². The molecule has 3 aliphatic heterocycles. The number of aliphatic carboxylic acids is 1. The van der Waals surface area contributed by atoms with Crippen LogP contribution in [0.15, 0.2) is 42.5 Å². The fraction of sp³-hybridized carbons (Fsp3) is 0.680. The number of carbonyl (C=O) groups excluding carboxylic acids is 7. The van der Waals surface area contributed by atoms with E-state index in [1.807, 2.05) is 45.9 Å². The number of hydrogen-bond donors (Lipinski definition) is 3. The van der Waals surface area contributed by atoms with Crippen LogP contribution in [-0.2, 0) is 54.3 Å². The Balaban J connectivity index is 1.22. The lowest BCUT2D eigenvalue weighted by atomic mass is 9.89. The Morgan fingerprint density at radius 2 is 1.57 bits per heavy atom. The van der Waals surface area contributed by atoms with E-state index in [0.717, 1.165) is 24.8 Å². The van der Waals surface area contributed by atoms with Gasteiger partial charge in [0.15, 0.2) is 0 Å². The first kappa shape index (κ1) is 52.8. The molecule has 1 saturated carbocycles. The van der Waals surface area contributed by atoms with Crippen LogP contribution in [0, 0.1) is 23.7 Å². The molecule has 7 amide bonds. The van der Waals surface area contributed by atoms with E-state index < -0.39 is 60.2 Å². The Morgan fingerprint density at radius 3 is 2.18 bits per heavy atom. The van der Waals surface area contributed by atoms with Crippen molar-refractivity contribution in [2.24, 2.45) is 23.7 Å². The van der Waals surface area contributed by atoms with Crippen LogP contribution < -0.4 is 10.6 Å². The molecule has 17 nitrogen and oxygen atoms in total. The second-order valence-electron chi connectivity index (χ2n) is 19.4. The Hall–Kier alpha value is -5.16. The van der Waals surface area contributed by atoms with Gasteiger partial charge in [0, 0.05) is 65.4 Å². The van der Waals surface area contributed by atoms with Crippen molar-refractivity contribution in [3.8, 4) is 0 Å². The van der Waals surface area contributed by atoms with E-state index in [-0.39, 0.29) is 78.5 Å². The average molecular weight is 935 g/mol. The number of carboxylic acid groups (broad SMARTS) is 1. The fourth-order valence-corrected chi connectivity index (χ4v) is 10.8. The summed E-state index contributed by atoms with van der Waals surface area (Å²) in [5.74, 6) is -4.59. The zero-order chi connectivity index (χ0) is 49.1. The molecule has 3 fully saturated rings. The molecule has 2 saturated heterocycles. The number of rotatable bonds is 25. The lowest BCUT2D eigenvalue weighted by Crippen LogP contribution is -2.60. The van der Waals surface area contributed by atoms with E-state index >= 15 is 0 Å². The lowest BCUT2D eigenvalue weighted by molar-refractivity contribution is -0.149. The molecule has 7 unspecified atom stereocenters. The number of hydrogen-bond acceptors (Lipinski definition) is 10. The summed E-state index contributed by atoms with van der Waals surface area (Å²) in [6.07, 6.45) is 7.35. The van der Waals surface area contributed by atoms with Crippen LogP contribution >= 0.6 is 0 Å². The molecule has 11 atom stereocenters. The fourth-order valence-electron chi connectivity index (χ4n) is 10.8. The molecule has 1 aliphatic carbocycles. The summed E-state index contributed by atoms with van der Waals surface area (Å²) in [5, 5.41) is 15.7. The number of nitrogens with one attached hydrogen (secondary N) is 2. The van der Waals surface area contributed by atoms with Gasteiger partial charge in [-0.3, -0.25) is 38.5 Å². The van der Waals surface area contributed by atoms with Crippen LogP contribution in [0.1, 0.15) is 111 Å². The predicted molar refractivity (Wildman–Crippen MR) is 249 cm³/mol. The number of ether oxygens (including phenoxy) is 2. The summed E-state index contributed by atoms with van der Waals surface area (Å²) in [7, 11) is 4.68. The van der Waals surface area contributed by atoms with E-state index in [0.29, 0.717) is 51.6 Å². The quantitative estimate of drug-likeness (QED) is 0.0950. The Morgan fingerprint density at radius 1 is 0.881 bits per heavy atom. The number of fused-ring (bicyclic) bond motifs is 2. The molecule has 370 valence electrons. The van der Waals surface area contributed by atoms with Crippen molar-refractivity contribution in [2.75, 3.05) is 34.4 Å². The van der Waals surface area contributed by atoms with E-state index in [9.17, 15) is 43.5 Å². The highest BCUT2D eigenvalue weighted by Gasteiger charge is 2.52. The van der Waals surface area contributed by atoms with E-state index in [1.165, 1.54) is 31.3 Å². The van der Waals surface area contributed by atoms with E-state index in [2.05, 4.69) is 10.6 Å². The van der Waals surface area contributed by atoms with E-state index in [1.54, 1.807) is 40.8 Å². The number of likely N-dealkylation sites (N-methyl/N-ethyl adjacent to an activating group) is 1. The highest BCUT2D eigenvalue weighted by molar-refractivity contribution is 6.12. The Bertz CT molecular complexity index is 1940. The molecule has 1 aromatic rings. The maximum absolute atomic E-state index is 14.7. The molecule has 0 aromatic heterocycles. The Kier molecular flexibility index (Phi) is 19.1. The number of carbonyl (C=O) groups is 8. The largest absolute Gasteiger partial charge is 0.480 e. The minimum Gasteiger partial charge on any atom is -0.480 e. The van der Waals surface area contributed by atoms with Crippen molar-refractivity contribution >= 4 is 47.3 Å². The van der Waals surface area contributed by atoms with Crippen LogP contribution in [0.3, 0.4) is 0 Å². The predicted octanol–water partition coefficient (Wildman–Crippen LogP) is 3.72. The number of amides is 7. The highest BCUT2D eigenvalue weighted by atomic mass is 16.5. The first-order valence-corrected chi connectivity index (χ1v) is 24.3. The molecule has 0 radical (unpaired) electrons. The molecular weight excluding hydrogens is 861 g/mol. The molecule has 3 N–H and O–H groups in total. The highest BCUT2D eigenvalue weighted by Crippen LogP contribution is 2.43. The monoisotopic (exact) mass is 935 g/mol. The molecule has 1 aromatic carbocycles. The number of unbranched alkanes of at least 4 members (excludes halogenated alkanes) is 2. The summed E-state index contributed by atoms with van der Waals surface area (Å²) >= 11 is 0. The molecule has 4 aliphatic rings. The van der Waals surface area contributed by atoms with Gasteiger partial charge in [-0.1, -0.05) is 77.8 Å². The molecule has 3 heterocycles. The molecule has 67 heavy (non-hydrogen) atoms. The number of benzene rings is 1. The summed E-state index contributed by atoms with van der Waals surface area (Å²) in [6.45, 7) is 10.1. The van der Waals surface area contributed by atoms with Crippen molar-refractivity contribution < 1.29 is 52.9 Å². The smallest absolute Gasteiger partial charge is 0.326 e. The Labute approximate surface area is 395 Å². The number of piperidine rings is 1. The zero-order valence-electron chi connectivity index (χ0n) is 40.7. The SMILES string of the molecule is CCC(C)C(C(CC(=O)N1CCC[C@H]1C(OC)C(C)C(=O)NC(Cc1ccccc1)C(=O)O)OC)N(C)C(=O)C(NC(=O)[C@@H]1[C@H]2CC[C@H](C2)N1C(=O)CCCCCN1C(=O)C=CC1=O)C(C)C. The van der Waals surface area contributed by atoms with Gasteiger partial charge >= 0.3 is 5.97 Å². The second-order valence-corrected chi connectivity index (χ2v) is 19.4. The van der Waals surface area contributed by atoms with E-state index in [4.69, 9.17) is 9.47 Å². The molecule has 0 spiro atoms. The summed E-state index contributed by atoms with van der Waals surface area (Å²) in [5.41, 5.74) is 0.767. The summed E-state index contributed by atoms with van der Waals surface area (Å²) in [4.78, 5) is 113. The number of methoxy groups -OCH3 is 2. The number of likely N-dealkylation sites (tertiary alicyclic amines) is 2. The topological polar surface area (TPSA) is 212 Å². The van der Waals surface area contributed by atoms with Gasteiger partial charge in [-0.2, -0.15) is 0 Å². The third-order valence-corrected chi connectivity index (χ3v) is 14.7. The second kappa shape index (κ2) is 24.2. The van der Waals surface area contributed by atoms with Crippen molar-refractivity contribution in [1.29, 1.82) is 0 Å². The van der Waals surface area contributed by atoms with Crippen molar-refractivity contribution in [3.63, 3.8) is 0 Å². The van der Waals surface area contributed by atoms with Crippen molar-refractivity contribution in [1.82, 2.24) is 30.2 Å². The van der Waals surface area contributed by atoms with Crippen molar-refractivity contribution in [3.05, 3.63) is 48.0 Å². The standard InChI is InChI=1S/C50H74N6O11/c1-9-31(4)44(38(66-7)29-42(60)54-26-16-19-37(54)46(67-8)32(5)47(61)51-36(50(64)65)27-33-17-12-10-13-18-33)53(6)49(63)43(30(2)3)52-48(62)45-34-21-22-35(28-34)56(45)41(59)20-14-11-15-25-55-39(57)23-24-40(55)58/h10,12-13,17-18,23-24,30-32,34-38,43-46H,9,11,14-16,19-22,25-29H2,1-8H3,(H,51,61)(H,52,62)(H,64,65)/t31?,32?,34-,35+,36?,37-,38?,43?,44?,45-,46?/m0/s1. The minimum atomic E-state index is -1.16. The van der Waals surface area contributed by atoms with Crippen molar-refractivity contribution in [2.45, 2.75) is 160 Å². The van der Waals surface area contributed by atoms with Gasteiger partial charge in [-0.15, -0.1) is 0 Å². The van der Waals surface area contributed by atoms with Crippen LogP contribution in [0.2, 0.25) is 0 Å². The molecule has 17 heteroatoms. The average Bonchev–Trinajstić information content (AvgIpc) is 4.13. The van der Waals surface area contributed by atoms with Gasteiger partial charge in [0.05, 0.1) is 36.6 Å². The number of carboxylic acids is 1. The normalized spacial score (nSPS) is 23.2. The lowest BCUT2D eigenvalue weighted by Gasteiger charge is -2.41. The molecule has 5 rings (SSSR count). The molecule has 2 bridgehead atoms. The summed E-state index contributed by atoms with van der Waals surface area (Å²) in [6, 6.07) is 5.19. The van der Waals surface area contributed by atoms with Gasteiger partial charge in [-0.25, -0.2) is 4.79 Å². The van der Waals surface area contributed by atoms with Crippen LogP contribution in [-0.4, -0.2) is 155 Å². The van der Waals surface area contributed by atoms with Crippen LogP contribution in [0.4, 0.5) is 0 Å². The number of nitrogens with zero attached hydrogens (tertiary/aromatic N) is 4. The van der Waals surface area contributed by atoms with Crippen LogP contribution in [0.25, 0.3) is 0 Å². The van der Waals surface area contributed by atoms with Gasteiger partial charge in [0.1, 0.15) is 18.1 Å². The van der Waals surface area contributed by atoms with Gasteiger partial charge < -0.3 is 39.9 Å². The first-order valence-electron chi connectivity index (χ1n) is 24.3. The third kappa shape index (κ3) is 12.7. The zero-order valence-corrected chi connectivity index (χ0v) is 40.7. The maximum Gasteiger partial charge on any atom is 0.326 e. The first-order chi connectivity index (χ1) is 31.9. The third-order valence-electron chi connectivity index (χ3n) is 14.7. The minimum absolute atomic E-state index is 0.0168. The maximum atomic E-state index is 14.7. The number of imide groups is 1. The van der Waals surface area contributed by atoms with Gasteiger partial charge in [0.25, 0.3) is 11.8 Å².